The van der Waals surface area contributed by atoms with Gasteiger partial charge in [0.15, 0.2) is 0 Å². The number of carbonyl (C=O) groups is 1. The third-order valence-electron chi connectivity index (χ3n) is 3.45. The normalized spacial score (nSPS) is 10.8. The van der Waals surface area contributed by atoms with E-state index in [1.807, 2.05) is 67.6 Å². The van der Waals surface area contributed by atoms with Crippen molar-refractivity contribution in [1.29, 1.82) is 0 Å². The predicted octanol–water partition coefficient (Wildman–Crippen LogP) is 4.40. The van der Waals surface area contributed by atoms with E-state index in [1.54, 1.807) is 12.3 Å². The summed E-state index contributed by atoms with van der Waals surface area (Å²) in [4.78, 5) is 13.7. The van der Waals surface area contributed by atoms with Crippen molar-refractivity contribution in [2.24, 2.45) is 5.10 Å². The monoisotopic (exact) mass is 350 g/mol. The Hall–Kier alpha value is -2.92. The van der Waals surface area contributed by atoms with Crippen LogP contribution in [-0.4, -0.2) is 12.1 Å². The first-order valence-corrected chi connectivity index (χ1v) is 8.69. The summed E-state index contributed by atoms with van der Waals surface area (Å²) in [5, 5.41) is 4.01. The minimum atomic E-state index is -0.203. The molecule has 1 N–H and O–H groups in total. The van der Waals surface area contributed by atoms with E-state index in [2.05, 4.69) is 10.5 Å². The third-order valence-corrected chi connectivity index (χ3v) is 4.45. The fourth-order valence-electron chi connectivity index (χ4n) is 2.20. The van der Waals surface area contributed by atoms with Gasteiger partial charge < -0.3 is 4.74 Å². The van der Waals surface area contributed by atoms with Crippen LogP contribution in [0.1, 0.15) is 25.7 Å². The van der Waals surface area contributed by atoms with E-state index in [0.29, 0.717) is 11.5 Å². The Balaban J connectivity index is 1.56. The summed E-state index contributed by atoms with van der Waals surface area (Å²) in [6.45, 7) is 2.47. The van der Waals surface area contributed by atoms with Gasteiger partial charge in [-0.2, -0.15) is 5.10 Å². The van der Waals surface area contributed by atoms with E-state index < -0.39 is 0 Å². The Bertz CT molecular complexity index is 872. The fraction of sp³-hybridized carbons (Fsp3) is 0.100. The lowest BCUT2D eigenvalue weighted by Crippen LogP contribution is -2.16. The molecule has 2 aromatic carbocycles. The molecule has 0 aliphatic heterocycles. The molecule has 0 spiro atoms. The average molecular weight is 350 g/mol. The summed E-state index contributed by atoms with van der Waals surface area (Å²) >= 11 is 1.44. The Labute approximate surface area is 150 Å². The largest absolute Gasteiger partial charge is 0.489 e. The summed E-state index contributed by atoms with van der Waals surface area (Å²) in [6, 6.07) is 21.3. The van der Waals surface area contributed by atoms with Gasteiger partial charge in [0.1, 0.15) is 12.4 Å². The van der Waals surface area contributed by atoms with E-state index in [-0.39, 0.29) is 5.91 Å². The zero-order chi connectivity index (χ0) is 17.5. The van der Waals surface area contributed by atoms with Gasteiger partial charge in [0, 0.05) is 4.88 Å². The number of aryl methyl sites for hydroxylation is 1. The highest BCUT2D eigenvalue weighted by Crippen LogP contribution is 2.15. The van der Waals surface area contributed by atoms with Crippen LogP contribution in [0, 0.1) is 6.92 Å². The van der Waals surface area contributed by atoms with Gasteiger partial charge in [-0.15, -0.1) is 11.3 Å². The third kappa shape index (κ3) is 5.02. The molecular formula is C20H18N2O2S. The molecule has 0 saturated carbocycles. The lowest BCUT2D eigenvalue weighted by molar-refractivity contribution is 0.0959. The van der Waals surface area contributed by atoms with Crippen molar-refractivity contribution < 1.29 is 9.53 Å². The summed E-state index contributed by atoms with van der Waals surface area (Å²) in [6.07, 6.45) is 1.60. The van der Waals surface area contributed by atoms with Crippen LogP contribution in [-0.2, 0) is 6.61 Å². The number of rotatable bonds is 6. The second kappa shape index (κ2) is 8.26. The lowest BCUT2D eigenvalue weighted by Gasteiger charge is -2.06. The molecule has 3 aromatic rings. The molecule has 0 radical (unpaired) electrons. The summed E-state index contributed by atoms with van der Waals surface area (Å²) in [5.74, 6) is 0.554. The number of hydrazone groups is 1. The summed E-state index contributed by atoms with van der Waals surface area (Å²) in [7, 11) is 0. The topological polar surface area (TPSA) is 50.7 Å². The Morgan fingerprint density at radius 2 is 1.96 bits per heavy atom. The SMILES string of the molecule is Cc1ccc(C(=O)N/N=C/c2cccc(OCc3ccccc3)c2)s1. The predicted molar refractivity (Wildman–Crippen MR) is 101 cm³/mol. The lowest BCUT2D eigenvalue weighted by atomic mass is 10.2. The van der Waals surface area contributed by atoms with Crippen LogP contribution in [0.2, 0.25) is 0 Å². The number of benzene rings is 2. The summed E-state index contributed by atoms with van der Waals surface area (Å²) in [5.41, 5.74) is 4.50. The van der Waals surface area contributed by atoms with Crippen LogP contribution in [0.4, 0.5) is 0 Å². The minimum absolute atomic E-state index is 0.203. The maximum atomic E-state index is 11.9. The number of thiophene rings is 1. The molecule has 25 heavy (non-hydrogen) atoms. The van der Waals surface area contributed by atoms with Gasteiger partial charge in [-0.3, -0.25) is 4.79 Å². The first kappa shape index (κ1) is 16.9. The van der Waals surface area contributed by atoms with Crippen LogP contribution in [0.15, 0.2) is 71.8 Å². The molecule has 0 atom stereocenters. The molecule has 4 nitrogen and oxygen atoms in total. The zero-order valence-electron chi connectivity index (χ0n) is 13.8. The molecule has 0 aliphatic rings. The molecule has 1 aromatic heterocycles. The van der Waals surface area contributed by atoms with Gasteiger partial charge >= 0.3 is 0 Å². The quantitative estimate of drug-likeness (QED) is 0.529. The average Bonchev–Trinajstić information content (AvgIpc) is 3.08. The standard InChI is InChI=1S/C20H18N2O2S/c1-15-10-11-19(25-15)20(23)22-21-13-17-8-5-9-18(12-17)24-14-16-6-3-2-4-7-16/h2-13H,14H2,1H3,(H,22,23)/b21-13+. The van der Waals surface area contributed by atoms with Crippen molar-refractivity contribution in [2.45, 2.75) is 13.5 Å². The van der Waals surface area contributed by atoms with Crippen LogP contribution in [0.25, 0.3) is 0 Å². The molecule has 0 unspecified atom stereocenters. The van der Waals surface area contributed by atoms with E-state index in [0.717, 1.165) is 21.8 Å². The van der Waals surface area contributed by atoms with Crippen molar-refractivity contribution in [1.82, 2.24) is 5.43 Å². The van der Waals surface area contributed by atoms with E-state index >= 15 is 0 Å². The van der Waals surface area contributed by atoms with Crippen LogP contribution in [0.5, 0.6) is 5.75 Å². The molecule has 0 fully saturated rings. The second-order valence-electron chi connectivity index (χ2n) is 5.46. The molecule has 5 heteroatoms. The van der Waals surface area contributed by atoms with E-state index in [4.69, 9.17) is 4.74 Å². The van der Waals surface area contributed by atoms with Crippen molar-refractivity contribution in [2.75, 3.05) is 0 Å². The second-order valence-corrected chi connectivity index (χ2v) is 6.74. The highest BCUT2D eigenvalue weighted by atomic mass is 32.1. The molecule has 126 valence electrons. The smallest absolute Gasteiger partial charge is 0.281 e. The number of ether oxygens (including phenoxy) is 1. The maximum Gasteiger partial charge on any atom is 0.281 e. The van der Waals surface area contributed by atoms with Crippen LogP contribution >= 0.6 is 11.3 Å². The van der Waals surface area contributed by atoms with Gasteiger partial charge in [-0.05, 0) is 42.3 Å². The number of nitrogens with one attached hydrogen (secondary N) is 1. The molecule has 0 aliphatic carbocycles. The maximum absolute atomic E-state index is 11.9. The van der Waals surface area contributed by atoms with Crippen LogP contribution in [0.3, 0.4) is 0 Å². The Kier molecular flexibility index (Phi) is 5.59. The Morgan fingerprint density at radius 3 is 2.72 bits per heavy atom. The molecule has 0 bridgehead atoms. The van der Waals surface area contributed by atoms with Crippen molar-refractivity contribution in [3.63, 3.8) is 0 Å². The van der Waals surface area contributed by atoms with E-state index in [9.17, 15) is 4.79 Å². The van der Waals surface area contributed by atoms with Gasteiger partial charge in [0.25, 0.3) is 5.91 Å². The van der Waals surface area contributed by atoms with Crippen LogP contribution < -0.4 is 10.2 Å². The number of hydrogen-bond donors (Lipinski definition) is 1. The Morgan fingerprint density at radius 1 is 1.12 bits per heavy atom. The first-order valence-electron chi connectivity index (χ1n) is 7.87. The van der Waals surface area contributed by atoms with Crippen molar-refractivity contribution >= 4 is 23.5 Å². The molecular weight excluding hydrogens is 332 g/mol. The molecule has 3 rings (SSSR count). The van der Waals surface area contributed by atoms with Gasteiger partial charge in [-0.25, -0.2) is 5.43 Å². The minimum Gasteiger partial charge on any atom is -0.489 e. The first-order chi connectivity index (χ1) is 12.2. The van der Waals surface area contributed by atoms with Crippen molar-refractivity contribution in [3.05, 3.63) is 87.6 Å². The highest BCUT2D eigenvalue weighted by molar-refractivity contribution is 7.13. The number of nitrogens with zero attached hydrogens (tertiary/aromatic N) is 1. The zero-order valence-corrected chi connectivity index (χ0v) is 14.6. The number of hydrogen-bond acceptors (Lipinski definition) is 4. The van der Waals surface area contributed by atoms with E-state index in [1.165, 1.54) is 11.3 Å². The molecule has 1 heterocycles. The van der Waals surface area contributed by atoms with Crippen molar-refractivity contribution in [3.8, 4) is 5.75 Å². The molecule has 0 saturated heterocycles. The fourth-order valence-corrected chi connectivity index (χ4v) is 2.96. The van der Waals surface area contributed by atoms with Gasteiger partial charge in [-0.1, -0.05) is 42.5 Å². The number of amides is 1. The van der Waals surface area contributed by atoms with Gasteiger partial charge in [0.05, 0.1) is 11.1 Å². The summed E-state index contributed by atoms with van der Waals surface area (Å²) < 4.78 is 5.78. The number of carbonyl (C=O) groups excluding carboxylic acids is 1. The molecule has 1 amide bonds. The highest BCUT2D eigenvalue weighted by Gasteiger charge is 2.06. The van der Waals surface area contributed by atoms with Gasteiger partial charge in [0.2, 0.25) is 0 Å².